The third-order valence-corrected chi connectivity index (χ3v) is 4.87. The first kappa shape index (κ1) is 22.0. The number of carbonyl (C=O) groups is 2. The summed E-state index contributed by atoms with van der Waals surface area (Å²) in [6.45, 7) is 2.02. The van der Waals surface area contributed by atoms with Crippen LogP contribution in [0.2, 0.25) is 0 Å². The zero-order valence-electron chi connectivity index (χ0n) is 15.3. The second-order valence-corrected chi connectivity index (χ2v) is 6.57. The molecule has 1 saturated heterocycles. The van der Waals surface area contributed by atoms with E-state index in [1.165, 1.54) is 26.4 Å². The van der Waals surface area contributed by atoms with E-state index in [-0.39, 0.29) is 41.9 Å². The van der Waals surface area contributed by atoms with E-state index in [0.29, 0.717) is 24.8 Å². The average molecular weight is 466 g/mol. The Labute approximate surface area is 167 Å². The van der Waals surface area contributed by atoms with E-state index >= 15 is 0 Å². The van der Waals surface area contributed by atoms with Crippen LogP contribution in [0.1, 0.15) is 44.9 Å². The fourth-order valence-corrected chi connectivity index (χ4v) is 3.46. The topological polar surface area (TPSA) is 83.0 Å². The molecule has 0 spiro atoms. The van der Waals surface area contributed by atoms with Crippen molar-refractivity contribution in [2.45, 2.75) is 51.0 Å². The first-order chi connectivity index (χ1) is 11.6. The smallest absolute Gasteiger partial charge is 0.307 e. The van der Waals surface area contributed by atoms with Crippen LogP contribution in [0, 0.1) is 5.92 Å². The van der Waals surface area contributed by atoms with Crippen LogP contribution in [0.4, 0.5) is 0 Å². The number of rotatable bonds is 5. The van der Waals surface area contributed by atoms with Crippen molar-refractivity contribution in [2.24, 2.45) is 10.9 Å². The van der Waals surface area contributed by atoms with E-state index in [2.05, 4.69) is 20.4 Å². The number of halogens is 1. The molecule has 0 radical (unpaired) electrons. The average Bonchev–Trinajstić information content (AvgIpc) is 3.09. The minimum absolute atomic E-state index is 0. The van der Waals surface area contributed by atoms with Crippen LogP contribution in [0.5, 0.6) is 0 Å². The Balaban J connectivity index is 0.00000312. The van der Waals surface area contributed by atoms with Gasteiger partial charge in [0.15, 0.2) is 5.96 Å². The van der Waals surface area contributed by atoms with E-state index in [1.54, 1.807) is 7.05 Å². The summed E-state index contributed by atoms with van der Waals surface area (Å²) in [5.74, 6) is 0.974. The van der Waals surface area contributed by atoms with Crippen molar-refractivity contribution in [1.29, 1.82) is 0 Å². The van der Waals surface area contributed by atoms with Gasteiger partial charge in [-0.05, 0) is 19.3 Å². The second kappa shape index (κ2) is 11.5. The molecule has 1 amide bonds. The Hall–Kier alpha value is -1.06. The first-order valence-electron chi connectivity index (χ1n) is 8.96. The summed E-state index contributed by atoms with van der Waals surface area (Å²) in [7, 11) is 3.08. The molecule has 2 rings (SSSR count). The zero-order valence-corrected chi connectivity index (χ0v) is 17.6. The van der Waals surface area contributed by atoms with E-state index < -0.39 is 0 Å². The second-order valence-electron chi connectivity index (χ2n) is 6.57. The lowest BCUT2D eigenvalue weighted by Gasteiger charge is -2.26. The Morgan fingerprint density at radius 2 is 1.92 bits per heavy atom. The van der Waals surface area contributed by atoms with E-state index in [1.807, 2.05) is 4.90 Å². The number of amides is 1. The highest BCUT2D eigenvalue weighted by molar-refractivity contribution is 14.0. The lowest BCUT2D eigenvalue weighted by atomic mass is 9.88. The molecule has 0 aromatic carbocycles. The molecule has 144 valence electrons. The van der Waals surface area contributed by atoms with E-state index in [0.717, 1.165) is 32.4 Å². The summed E-state index contributed by atoms with van der Waals surface area (Å²) >= 11 is 0. The quantitative estimate of drug-likeness (QED) is 0.278. The summed E-state index contributed by atoms with van der Waals surface area (Å²) in [6.07, 6.45) is 6.95. The number of nitrogens with one attached hydrogen (secondary N) is 2. The van der Waals surface area contributed by atoms with Gasteiger partial charge in [0, 0.05) is 38.6 Å². The van der Waals surface area contributed by atoms with Crippen molar-refractivity contribution in [3.63, 3.8) is 0 Å². The van der Waals surface area contributed by atoms with Crippen LogP contribution in [0.3, 0.4) is 0 Å². The van der Waals surface area contributed by atoms with Crippen molar-refractivity contribution in [3.05, 3.63) is 0 Å². The minimum atomic E-state index is -0.247. The third-order valence-electron chi connectivity index (χ3n) is 4.87. The summed E-state index contributed by atoms with van der Waals surface area (Å²) in [6, 6.07) is 0.210. The highest BCUT2D eigenvalue weighted by atomic mass is 127. The molecule has 1 unspecified atom stereocenters. The molecule has 0 aromatic rings. The molecule has 1 atom stereocenters. The molecule has 2 N–H and O–H groups in total. The normalized spacial score (nSPS) is 21.4. The lowest BCUT2D eigenvalue weighted by molar-refractivity contribution is -0.140. The molecule has 2 fully saturated rings. The molecule has 8 heteroatoms. The number of esters is 1. The minimum Gasteiger partial charge on any atom is -0.469 e. The predicted molar refractivity (Wildman–Crippen MR) is 108 cm³/mol. The van der Waals surface area contributed by atoms with Crippen LogP contribution >= 0.6 is 24.0 Å². The molecule has 2 aliphatic rings. The number of guanidine groups is 1. The SMILES string of the molecule is CN=C(NCCC(=O)OC)NC1CCN(C(=O)C2CCCCC2)C1.I. The molecule has 1 saturated carbocycles. The summed E-state index contributed by atoms with van der Waals surface area (Å²) in [5, 5.41) is 6.44. The van der Waals surface area contributed by atoms with Gasteiger partial charge in [-0.15, -0.1) is 24.0 Å². The highest BCUT2D eigenvalue weighted by Crippen LogP contribution is 2.26. The molecule has 1 heterocycles. The van der Waals surface area contributed by atoms with Gasteiger partial charge in [0.25, 0.3) is 0 Å². The van der Waals surface area contributed by atoms with Crippen molar-refractivity contribution < 1.29 is 14.3 Å². The van der Waals surface area contributed by atoms with Gasteiger partial charge in [0.1, 0.15) is 0 Å². The lowest BCUT2D eigenvalue weighted by Crippen LogP contribution is -2.46. The van der Waals surface area contributed by atoms with Gasteiger partial charge in [-0.3, -0.25) is 14.6 Å². The maximum atomic E-state index is 12.6. The molecule has 0 aromatic heterocycles. The van der Waals surface area contributed by atoms with E-state index in [4.69, 9.17) is 0 Å². The van der Waals surface area contributed by atoms with Crippen LogP contribution < -0.4 is 10.6 Å². The summed E-state index contributed by atoms with van der Waals surface area (Å²) in [5.41, 5.74) is 0. The maximum Gasteiger partial charge on any atom is 0.307 e. The molecule has 0 bridgehead atoms. The number of methoxy groups -OCH3 is 1. The summed E-state index contributed by atoms with van der Waals surface area (Å²) < 4.78 is 4.61. The predicted octanol–water partition coefficient (Wildman–Crippen LogP) is 1.51. The fraction of sp³-hybridized carbons (Fsp3) is 0.824. The molecule has 7 nitrogen and oxygen atoms in total. The van der Waals surface area contributed by atoms with E-state index in [9.17, 15) is 9.59 Å². The fourth-order valence-electron chi connectivity index (χ4n) is 3.46. The zero-order chi connectivity index (χ0) is 17.4. The Kier molecular flexibility index (Phi) is 10.1. The van der Waals surface area contributed by atoms with Crippen molar-refractivity contribution in [3.8, 4) is 0 Å². The van der Waals surface area contributed by atoms with Gasteiger partial charge in [0.2, 0.25) is 5.91 Å². The Morgan fingerprint density at radius 1 is 1.20 bits per heavy atom. The van der Waals surface area contributed by atoms with Crippen molar-refractivity contribution in [1.82, 2.24) is 15.5 Å². The van der Waals surface area contributed by atoms with Crippen LogP contribution in [-0.2, 0) is 14.3 Å². The molecule has 1 aliphatic carbocycles. The van der Waals surface area contributed by atoms with Gasteiger partial charge >= 0.3 is 5.97 Å². The van der Waals surface area contributed by atoms with Crippen LogP contribution in [-0.4, -0.2) is 62.6 Å². The van der Waals surface area contributed by atoms with Crippen LogP contribution in [0.25, 0.3) is 0 Å². The van der Waals surface area contributed by atoms with Gasteiger partial charge in [-0.2, -0.15) is 0 Å². The molecule has 1 aliphatic heterocycles. The first-order valence-corrected chi connectivity index (χ1v) is 8.96. The van der Waals surface area contributed by atoms with Crippen molar-refractivity contribution in [2.75, 3.05) is 33.8 Å². The van der Waals surface area contributed by atoms with Crippen LogP contribution in [0.15, 0.2) is 4.99 Å². The number of hydrogen-bond acceptors (Lipinski definition) is 4. The molecular formula is C17H31IN4O3. The molecule has 25 heavy (non-hydrogen) atoms. The monoisotopic (exact) mass is 466 g/mol. The largest absolute Gasteiger partial charge is 0.469 e. The highest BCUT2D eigenvalue weighted by Gasteiger charge is 2.31. The van der Waals surface area contributed by atoms with Gasteiger partial charge < -0.3 is 20.3 Å². The molecular weight excluding hydrogens is 435 g/mol. The standard InChI is InChI=1S/C17H30N4O3.HI/c1-18-17(19-10-8-15(22)24-2)20-14-9-11-21(12-14)16(23)13-6-4-3-5-7-13;/h13-14H,3-12H2,1-2H3,(H2,18,19,20);1H. The Morgan fingerprint density at radius 3 is 2.56 bits per heavy atom. The summed E-state index contributed by atoms with van der Waals surface area (Å²) in [4.78, 5) is 29.9. The number of aliphatic imine (C=N–C) groups is 1. The number of ether oxygens (including phenoxy) is 1. The number of hydrogen-bond donors (Lipinski definition) is 2. The van der Waals surface area contributed by atoms with Gasteiger partial charge in [-0.25, -0.2) is 0 Å². The third kappa shape index (κ3) is 6.99. The van der Waals surface area contributed by atoms with Gasteiger partial charge in [0.05, 0.1) is 13.5 Å². The maximum absolute atomic E-state index is 12.6. The number of carbonyl (C=O) groups excluding carboxylic acids is 2. The van der Waals surface area contributed by atoms with Gasteiger partial charge in [-0.1, -0.05) is 19.3 Å². The van der Waals surface area contributed by atoms with Crippen molar-refractivity contribution >= 4 is 41.8 Å². The number of nitrogens with zero attached hydrogens (tertiary/aromatic N) is 2. The number of likely N-dealkylation sites (tertiary alicyclic amines) is 1. The Bertz CT molecular complexity index is 467.